The molecule has 0 spiro atoms. The van der Waals surface area contributed by atoms with Crippen molar-refractivity contribution in [3.05, 3.63) is 35.3 Å². The van der Waals surface area contributed by atoms with Gasteiger partial charge in [-0.05, 0) is 19.1 Å². The quantitative estimate of drug-likeness (QED) is 0.816. The minimum Gasteiger partial charge on any atom is -0.497 e. The van der Waals surface area contributed by atoms with Gasteiger partial charge in [0.25, 0.3) is 0 Å². The van der Waals surface area contributed by atoms with Crippen LogP contribution in [-0.2, 0) is 9.59 Å². The zero-order valence-electron chi connectivity index (χ0n) is 13.0. The van der Waals surface area contributed by atoms with Crippen molar-refractivity contribution in [1.29, 1.82) is 0 Å². The molecule has 1 aromatic heterocycles. The standard InChI is InChI=1S/C15H17N3O4S/c1-9(11-5-4-10(21-2)8-12(11)22-3)17-13(19)14(20)18-15-16-6-7-23-15/h4-9H,1-3H3,(H,17,19)(H,16,18,20). The number of thiazole rings is 1. The number of ether oxygens (including phenoxy) is 2. The van der Waals surface area contributed by atoms with Gasteiger partial charge in [-0.3, -0.25) is 14.9 Å². The van der Waals surface area contributed by atoms with Crippen molar-refractivity contribution in [3.8, 4) is 11.5 Å². The predicted molar refractivity (Wildman–Crippen MR) is 86.8 cm³/mol. The van der Waals surface area contributed by atoms with E-state index in [-0.39, 0.29) is 0 Å². The summed E-state index contributed by atoms with van der Waals surface area (Å²) in [4.78, 5) is 27.7. The van der Waals surface area contributed by atoms with Crippen molar-refractivity contribution in [2.24, 2.45) is 0 Å². The summed E-state index contributed by atoms with van der Waals surface area (Å²) in [5.41, 5.74) is 0.740. The minimum atomic E-state index is -0.765. The molecule has 1 aromatic carbocycles. The lowest BCUT2D eigenvalue weighted by atomic mass is 10.1. The third-order valence-electron chi connectivity index (χ3n) is 3.11. The largest absolute Gasteiger partial charge is 0.497 e. The van der Waals surface area contributed by atoms with Crippen LogP contribution in [-0.4, -0.2) is 31.0 Å². The number of rotatable bonds is 5. The maximum absolute atomic E-state index is 12.0. The molecule has 0 aliphatic carbocycles. The fourth-order valence-electron chi connectivity index (χ4n) is 1.96. The monoisotopic (exact) mass is 335 g/mol. The van der Waals surface area contributed by atoms with E-state index in [0.29, 0.717) is 16.6 Å². The van der Waals surface area contributed by atoms with Gasteiger partial charge in [0.05, 0.1) is 20.3 Å². The lowest BCUT2D eigenvalue weighted by Crippen LogP contribution is -2.37. The Kier molecular flexibility index (Phi) is 5.53. The normalized spacial score (nSPS) is 11.4. The van der Waals surface area contributed by atoms with Gasteiger partial charge in [-0.15, -0.1) is 11.3 Å². The lowest BCUT2D eigenvalue weighted by molar-refractivity contribution is -0.136. The molecule has 0 fully saturated rings. The molecule has 1 heterocycles. The number of amides is 2. The highest BCUT2D eigenvalue weighted by Crippen LogP contribution is 2.29. The Morgan fingerprint density at radius 2 is 2.00 bits per heavy atom. The third kappa shape index (κ3) is 4.19. The van der Waals surface area contributed by atoms with Crippen LogP contribution >= 0.6 is 11.3 Å². The highest BCUT2D eigenvalue weighted by molar-refractivity contribution is 7.13. The third-order valence-corrected chi connectivity index (χ3v) is 3.80. The molecular formula is C15H17N3O4S. The van der Waals surface area contributed by atoms with Crippen LogP contribution in [0.1, 0.15) is 18.5 Å². The summed E-state index contributed by atoms with van der Waals surface area (Å²) < 4.78 is 10.4. The predicted octanol–water partition coefficient (Wildman–Crippen LogP) is 1.98. The number of anilines is 1. The zero-order valence-corrected chi connectivity index (χ0v) is 13.8. The van der Waals surface area contributed by atoms with Gasteiger partial charge in [0.2, 0.25) is 0 Å². The first-order chi connectivity index (χ1) is 11.0. The van der Waals surface area contributed by atoms with Gasteiger partial charge in [0.1, 0.15) is 11.5 Å². The van der Waals surface area contributed by atoms with Crippen molar-refractivity contribution in [2.45, 2.75) is 13.0 Å². The fraction of sp³-hybridized carbons (Fsp3) is 0.267. The number of nitrogens with one attached hydrogen (secondary N) is 2. The Labute approximate surface area is 137 Å². The second-order valence-corrected chi connectivity index (χ2v) is 5.49. The molecule has 0 radical (unpaired) electrons. The number of benzene rings is 1. The molecule has 0 aliphatic heterocycles. The van der Waals surface area contributed by atoms with E-state index in [0.717, 1.165) is 5.56 Å². The van der Waals surface area contributed by atoms with E-state index in [9.17, 15) is 9.59 Å². The molecule has 2 N–H and O–H groups in total. The first-order valence-electron chi connectivity index (χ1n) is 6.78. The maximum Gasteiger partial charge on any atom is 0.315 e. The van der Waals surface area contributed by atoms with Crippen LogP contribution < -0.4 is 20.1 Å². The van der Waals surface area contributed by atoms with Crippen molar-refractivity contribution < 1.29 is 19.1 Å². The van der Waals surface area contributed by atoms with E-state index in [1.54, 1.807) is 43.8 Å². The summed E-state index contributed by atoms with van der Waals surface area (Å²) >= 11 is 1.24. The summed E-state index contributed by atoms with van der Waals surface area (Å²) in [6.07, 6.45) is 1.54. The van der Waals surface area contributed by atoms with Crippen molar-refractivity contribution in [1.82, 2.24) is 10.3 Å². The molecule has 8 heteroatoms. The number of carbonyl (C=O) groups excluding carboxylic acids is 2. The second kappa shape index (κ2) is 7.59. The fourth-order valence-corrected chi connectivity index (χ4v) is 2.48. The molecule has 1 unspecified atom stereocenters. The van der Waals surface area contributed by atoms with Crippen LogP contribution in [0.3, 0.4) is 0 Å². The summed E-state index contributed by atoms with van der Waals surface area (Å²) in [6.45, 7) is 1.76. The Morgan fingerprint density at radius 1 is 1.22 bits per heavy atom. The zero-order chi connectivity index (χ0) is 16.8. The molecule has 2 amide bonds. The van der Waals surface area contributed by atoms with Crippen LogP contribution in [0.4, 0.5) is 5.13 Å². The number of aromatic nitrogens is 1. The molecule has 0 bridgehead atoms. The van der Waals surface area contributed by atoms with Crippen LogP contribution in [0.2, 0.25) is 0 Å². The Balaban J connectivity index is 2.04. The molecule has 7 nitrogen and oxygen atoms in total. The molecular weight excluding hydrogens is 318 g/mol. The van der Waals surface area contributed by atoms with Crippen LogP contribution in [0.25, 0.3) is 0 Å². The molecule has 2 rings (SSSR count). The van der Waals surface area contributed by atoms with Gasteiger partial charge in [-0.2, -0.15) is 0 Å². The van der Waals surface area contributed by atoms with Crippen LogP contribution in [0.15, 0.2) is 29.8 Å². The van der Waals surface area contributed by atoms with Gasteiger partial charge in [-0.1, -0.05) is 0 Å². The van der Waals surface area contributed by atoms with Crippen LogP contribution in [0.5, 0.6) is 11.5 Å². The number of carbonyl (C=O) groups is 2. The van der Waals surface area contributed by atoms with E-state index >= 15 is 0 Å². The first-order valence-corrected chi connectivity index (χ1v) is 7.66. The second-order valence-electron chi connectivity index (χ2n) is 4.59. The molecule has 23 heavy (non-hydrogen) atoms. The molecule has 0 aliphatic rings. The molecule has 0 saturated heterocycles. The average molecular weight is 335 g/mol. The highest BCUT2D eigenvalue weighted by atomic mass is 32.1. The van der Waals surface area contributed by atoms with Crippen molar-refractivity contribution >= 4 is 28.3 Å². The van der Waals surface area contributed by atoms with Crippen LogP contribution in [0, 0.1) is 0 Å². The SMILES string of the molecule is COc1ccc(C(C)NC(=O)C(=O)Nc2nccs2)c(OC)c1. The van der Waals surface area contributed by atoms with Gasteiger partial charge < -0.3 is 14.8 Å². The summed E-state index contributed by atoms with van der Waals surface area (Å²) in [6, 6.07) is 4.84. The first kappa shape index (κ1) is 16.8. The summed E-state index contributed by atoms with van der Waals surface area (Å²) in [5, 5.41) is 7.14. The van der Waals surface area contributed by atoms with E-state index in [1.807, 2.05) is 0 Å². The lowest BCUT2D eigenvalue weighted by Gasteiger charge is -2.17. The summed E-state index contributed by atoms with van der Waals surface area (Å²) in [5.74, 6) is -0.298. The van der Waals surface area contributed by atoms with Crippen molar-refractivity contribution in [3.63, 3.8) is 0 Å². The summed E-state index contributed by atoms with van der Waals surface area (Å²) in [7, 11) is 3.09. The van der Waals surface area contributed by atoms with Gasteiger partial charge in [-0.25, -0.2) is 4.98 Å². The van der Waals surface area contributed by atoms with Gasteiger partial charge in [0.15, 0.2) is 5.13 Å². The Morgan fingerprint density at radius 3 is 2.61 bits per heavy atom. The smallest absolute Gasteiger partial charge is 0.315 e. The van der Waals surface area contributed by atoms with Crippen molar-refractivity contribution in [2.75, 3.05) is 19.5 Å². The molecule has 0 saturated carbocycles. The Bertz CT molecular complexity index is 688. The van der Waals surface area contributed by atoms with Gasteiger partial charge in [0, 0.05) is 23.2 Å². The van der Waals surface area contributed by atoms with E-state index < -0.39 is 17.9 Å². The molecule has 2 aromatic rings. The van der Waals surface area contributed by atoms with E-state index in [2.05, 4.69) is 15.6 Å². The molecule has 122 valence electrons. The topological polar surface area (TPSA) is 89.5 Å². The van der Waals surface area contributed by atoms with E-state index in [4.69, 9.17) is 9.47 Å². The Hall–Kier alpha value is -2.61. The van der Waals surface area contributed by atoms with Gasteiger partial charge >= 0.3 is 11.8 Å². The number of hydrogen-bond donors (Lipinski definition) is 2. The number of methoxy groups -OCH3 is 2. The average Bonchev–Trinajstić information content (AvgIpc) is 3.06. The molecule has 1 atom stereocenters. The van der Waals surface area contributed by atoms with E-state index in [1.165, 1.54) is 18.4 Å². The number of nitrogens with zero attached hydrogens (tertiary/aromatic N) is 1. The number of hydrogen-bond acceptors (Lipinski definition) is 6. The highest BCUT2D eigenvalue weighted by Gasteiger charge is 2.20. The maximum atomic E-state index is 12.0. The minimum absolute atomic E-state index is 0.375.